The van der Waals surface area contributed by atoms with Gasteiger partial charge in [-0.15, -0.1) is 4.99 Å². The highest BCUT2D eigenvalue weighted by Gasteiger charge is 2.33. The summed E-state index contributed by atoms with van der Waals surface area (Å²) in [7, 11) is 0. The van der Waals surface area contributed by atoms with Crippen LogP contribution in [0.3, 0.4) is 0 Å². The van der Waals surface area contributed by atoms with Crippen LogP contribution in [0.25, 0.3) is 0 Å². The van der Waals surface area contributed by atoms with Crippen LogP contribution in [0.4, 0.5) is 10.5 Å². The number of nitrogens with two attached hydrogens (primary N) is 1. The average Bonchev–Trinajstić information content (AvgIpc) is 2.81. The van der Waals surface area contributed by atoms with Crippen molar-refractivity contribution in [2.24, 2.45) is 10.9 Å². The Labute approximate surface area is 121 Å². The van der Waals surface area contributed by atoms with Gasteiger partial charge in [0.1, 0.15) is 0 Å². The number of amides is 1. The molecule has 1 fully saturated rings. The molecule has 104 valence electrons. The van der Waals surface area contributed by atoms with Crippen LogP contribution in [0.5, 0.6) is 0 Å². The molecular formula is C14H15N3O2S. The predicted octanol–water partition coefficient (Wildman–Crippen LogP) is 2.92. The Balaban J connectivity index is 2.10. The highest BCUT2D eigenvalue weighted by molar-refractivity contribution is 8.14. The lowest BCUT2D eigenvalue weighted by atomic mass is 9.93. The molecule has 2 aliphatic rings. The largest absolute Gasteiger partial charge is 0.454 e. The molecule has 0 aliphatic carbocycles. The Kier molecular flexibility index (Phi) is 3.27. The Morgan fingerprint density at radius 3 is 3.10 bits per heavy atom. The van der Waals surface area contributed by atoms with E-state index in [-0.39, 0.29) is 0 Å². The van der Waals surface area contributed by atoms with Crippen molar-refractivity contribution in [3.63, 3.8) is 0 Å². The molecule has 2 aliphatic heterocycles. The summed E-state index contributed by atoms with van der Waals surface area (Å²) in [6, 6.07) is 6.35. The molecule has 1 aromatic carbocycles. The number of hydrogen-bond acceptors (Lipinski definition) is 4. The zero-order chi connectivity index (χ0) is 14.3. The molecule has 5 nitrogen and oxygen atoms in total. The lowest BCUT2D eigenvalue weighted by molar-refractivity contribution is 0.159. The smallest absolute Gasteiger partial charge is 0.355 e. The van der Waals surface area contributed by atoms with Gasteiger partial charge in [-0.25, -0.2) is 4.79 Å². The van der Waals surface area contributed by atoms with Gasteiger partial charge in [-0.1, -0.05) is 36.9 Å². The van der Waals surface area contributed by atoms with Gasteiger partial charge in [-0.3, -0.25) is 4.90 Å². The van der Waals surface area contributed by atoms with Crippen molar-refractivity contribution in [3.05, 3.63) is 41.1 Å². The van der Waals surface area contributed by atoms with Crippen molar-refractivity contribution in [1.29, 1.82) is 0 Å². The fourth-order valence-electron chi connectivity index (χ4n) is 2.57. The second kappa shape index (κ2) is 4.96. The Bertz CT molecular complexity index is 639. The molecule has 1 saturated heterocycles. The van der Waals surface area contributed by atoms with Gasteiger partial charge in [-0.05, 0) is 24.1 Å². The first-order valence-electron chi connectivity index (χ1n) is 6.33. The number of fused-ring (bicyclic) bond motifs is 3. The maximum Gasteiger partial charge on any atom is 0.454 e. The number of nitrogens with zero attached hydrogens (tertiary/aromatic N) is 2. The number of thioether (sulfide) groups is 1. The molecule has 1 unspecified atom stereocenters. The topological polar surface area (TPSA) is 67.9 Å². The second-order valence-electron chi connectivity index (χ2n) is 4.91. The van der Waals surface area contributed by atoms with E-state index < -0.39 is 6.09 Å². The number of anilines is 1. The van der Waals surface area contributed by atoms with E-state index in [2.05, 4.69) is 48.0 Å². The van der Waals surface area contributed by atoms with Crippen molar-refractivity contribution < 1.29 is 9.63 Å². The standard InChI is InChI=1S/C14H15N3O2S/c1-8-3-4-11-9(2)6-10-7-20-13(16-14(18)19-15)17(10)12(11)5-8/h3-6,9H,7,15H2,1-2H3/b16-13-. The van der Waals surface area contributed by atoms with Gasteiger partial charge in [0.15, 0.2) is 5.17 Å². The monoisotopic (exact) mass is 289 g/mol. The van der Waals surface area contributed by atoms with Gasteiger partial charge in [0.2, 0.25) is 0 Å². The normalized spacial score (nSPS) is 22.4. The molecule has 3 rings (SSSR count). The molecule has 20 heavy (non-hydrogen) atoms. The molecule has 0 bridgehead atoms. The number of rotatable bonds is 0. The van der Waals surface area contributed by atoms with Crippen LogP contribution in [0.2, 0.25) is 0 Å². The number of benzene rings is 1. The molecule has 1 aromatic rings. The molecule has 0 aromatic heterocycles. The van der Waals surface area contributed by atoms with Crippen LogP contribution in [-0.4, -0.2) is 17.0 Å². The first-order chi connectivity index (χ1) is 9.60. The van der Waals surface area contributed by atoms with Gasteiger partial charge in [0.25, 0.3) is 0 Å². The summed E-state index contributed by atoms with van der Waals surface area (Å²) in [6.07, 6.45) is 1.43. The quantitative estimate of drug-likeness (QED) is 0.744. The lowest BCUT2D eigenvalue weighted by Gasteiger charge is -2.30. The van der Waals surface area contributed by atoms with E-state index in [1.165, 1.54) is 22.9 Å². The lowest BCUT2D eigenvalue weighted by Crippen LogP contribution is -2.28. The van der Waals surface area contributed by atoms with Crippen molar-refractivity contribution in [1.82, 2.24) is 0 Å². The molecule has 1 amide bonds. The number of hydrogen-bond donors (Lipinski definition) is 1. The first-order valence-corrected chi connectivity index (χ1v) is 7.32. The van der Waals surface area contributed by atoms with Crippen molar-refractivity contribution in [2.75, 3.05) is 10.7 Å². The maximum absolute atomic E-state index is 11.3. The zero-order valence-electron chi connectivity index (χ0n) is 11.3. The highest BCUT2D eigenvalue weighted by Crippen LogP contribution is 2.43. The Morgan fingerprint density at radius 1 is 1.55 bits per heavy atom. The van der Waals surface area contributed by atoms with Crippen molar-refractivity contribution in [2.45, 2.75) is 19.8 Å². The third-order valence-electron chi connectivity index (χ3n) is 3.48. The van der Waals surface area contributed by atoms with Crippen LogP contribution >= 0.6 is 11.8 Å². The van der Waals surface area contributed by atoms with Crippen LogP contribution in [-0.2, 0) is 4.84 Å². The summed E-state index contributed by atoms with van der Waals surface area (Å²) in [5.41, 5.74) is 4.65. The van der Waals surface area contributed by atoms with Crippen LogP contribution in [0.1, 0.15) is 24.0 Å². The molecule has 0 saturated carbocycles. The fraction of sp³-hybridized carbons (Fsp3) is 0.286. The summed E-state index contributed by atoms with van der Waals surface area (Å²) in [5.74, 6) is 6.02. The van der Waals surface area contributed by atoms with E-state index in [9.17, 15) is 4.79 Å². The van der Waals surface area contributed by atoms with E-state index in [0.29, 0.717) is 11.1 Å². The number of amidine groups is 1. The zero-order valence-corrected chi connectivity index (χ0v) is 12.1. The summed E-state index contributed by atoms with van der Waals surface area (Å²) in [6.45, 7) is 4.23. The van der Waals surface area contributed by atoms with Gasteiger partial charge in [0.05, 0.1) is 5.69 Å². The van der Waals surface area contributed by atoms with E-state index >= 15 is 0 Å². The molecular weight excluding hydrogens is 274 g/mol. The van der Waals surface area contributed by atoms with E-state index in [1.54, 1.807) is 0 Å². The highest BCUT2D eigenvalue weighted by atomic mass is 32.2. The minimum absolute atomic E-state index is 0.360. The predicted molar refractivity (Wildman–Crippen MR) is 80.7 cm³/mol. The van der Waals surface area contributed by atoms with E-state index in [0.717, 1.165) is 17.1 Å². The van der Waals surface area contributed by atoms with Gasteiger partial charge in [0, 0.05) is 17.4 Å². The summed E-state index contributed by atoms with van der Waals surface area (Å²) >= 11 is 1.51. The SMILES string of the molecule is Cc1ccc2c(c1)N1C(=CC2C)CS/C1=N\C(=O)ON. The first kappa shape index (κ1) is 13.2. The van der Waals surface area contributed by atoms with Gasteiger partial charge >= 0.3 is 6.09 Å². The second-order valence-corrected chi connectivity index (χ2v) is 5.85. The molecule has 0 spiro atoms. The van der Waals surface area contributed by atoms with Crippen LogP contribution in [0.15, 0.2) is 35.0 Å². The summed E-state index contributed by atoms with van der Waals surface area (Å²) in [5, 5.41) is 0.616. The van der Waals surface area contributed by atoms with Crippen LogP contribution in [0, 0.1) is 6.92 Å². The molecule has 2 N–H and O–H groups in total. The number of carbonyl (C=O) groups excluding carboxylic acids is 1. The van der Waals surface area contributed by atoms with Gasteiger partial charge < -0.3 is 4.84 Å². The molecule has 2 heterocycles. The average molecular weight is 289 g/mol. The molecule has 6 heteroatoms. The number of carbonyl (C=O) groups is 1. The van der Waals surface area contributed by atoms with E-state index in [4.69, 9.17) is 5.90 Å². The number of aliphatic imine (C=N–C) groups is 1. The summed E-state index contributed by atoms with van der Waals surface area (Å²) in [4.78, 5) is 21.4. The third-order valence-corrected chi connectivity index (χ3v) is 4.45. The van der Waals surface area contributed by atoms with Gasteiger partial charge in [-0.2, -0.15) is 5.90 Å². The molecule has 0 radical (unpaired) electrons. The Morgan fingerprint density at radius 2 is 2.35 bits per heavy atom. The number of allylic oxidation sites excluding steroid dienone is 1. The maximum atomic E-state index is 11.3. The molecule has 1 atom stereocenters. The van der Waals surface area contributed by atoms with Crippen molar-refractivity contribution in [3.8, 4) is 0 Å². The Hall–Kier alpha value is -1.79. The third kappa shape index (κ3) is 2.10. The fourth-order valence-corrected chi connectivity index (χ4v) is 3.55. The van der Waals surface area contributed by atoms with Crippen LogP contribution < -0.4 is 10.8 Å². The van der Waals surface area contributed by atoms with Crippen molar-refractivity contribution >= 4 is 28.7 Å². The summed E-state index contributed by atoms with van der Waals surface area (Å²) < 4.78 is 0. The van der Waals surface area contributed by atoms with E-state index in [1.807, 2.05) is 4.90 Å². The minimum Gasteiger partial charge on any atom is -0.355 e. The number of aryl methyl sites for hydroxylation is 1. The minimum atomic E-state index is -0.776.